The van der Waals surface area contributed by atoms with Gasteiger partial charge in [0.05, 0.1) is 11.3 Å². The van der Waals surface area contributed by atoms with E-state index in [0.29, 0.717) is 5.92 Å². The third-order valence-electron chi connectivity index (χ3n) is 4.24. The third kappa shape index (κ3) is 7.24. The van der Waals surface area contributed by atoms with E-state index in [9.17, 15) is 18.0 Å². The first-order valence-electron chi connectivity index (χ1n) is 9.52. The molecule has 0 aliphatic carbocycles. The molecule has 0 fully saturated rings. The third-order valence-corrected chi connectivity index (χ3v) is 5.71. The summed E-state index contributed by atoms with van der Waals surface area (Å²) in [5.41, 5.74) is 1.05. The molecule has 1 N–H and O–H groups in total. The number of carbonyl (C=O) groups is 2. The van der Waals surface area contributed by atoms with E-state index in [-0.39, 0.29) is 42.5 Å². The number of nitrogens with one attached hydrogen (secondary N) is 1. The van der Waals surface area contributed by atoms with Gasteiger partial charge < -0.3 is 9.64 Å². The molecule has 8 heteroatoms. The predicted octanol–water partition coefficient (Wildman–Crippen LogP) is 2.67. The standard InChI is InChI=1S/C20H32N2O5S/c1-14(2)17-7-9-18(10-8-17)28(25,26)21-12-11-20(24)27-13-19(23)22(15(3)4)16(5)6/h7-10,14-16,21H,11-13H2,1-6H3. The summed E-state index contributed by atoms with van der Waals surface area (Å²) in [6, 6.07) is 6.63. The van der Waals surface area contributed by atoms with Crippen LogP contribution in [-0.2, 0) is 24.3 Å². The molecule has 158 valence electrons. The highest BCUT2D eigenvalue weighted by Gasteiger charge is 2.21. The molecular formula is C20H32N2O5S. The largest absolute Gasteiger partial charge is 0.456 e. The zero-order valence-electron chi connectivity index (χ0n) is 17.6. The molecule has 1 aromatic carbocycles. The van der Waals surface area contributed by atoms with Gasteiger partial charge in [-0.15, -0.1) is 0 Å². The van der Waals surface area contributed by atoms with Crippen LogP contribution in [0.25, 0.3) is 0 Å². The average Bonchev–Trinajstić information content (AvgIpc) is 2.59. The van der Waals surface area contributed by atoms with Gasteiger partial charge >= 0.3 is 5.97 Å². The molecule has 0 saturated carbocycles. The summed E-state index contributed by atoms with van der Waals surface area (Å²) in [7, 11) is -3.70. The lowest BCUT2D eigenvalue weighted by atomic mass is 10.0. The van der Waals surface area contributed by atoms with E-state index in [1.54, 1.807) is 29.2 Å². The SMILES string of the molecule is CC(C)c1ccc(S(=O)(=O)NCCC(=O)OCC(=O)N(C(C)C)C(C)C)cc1. The summed E-state index contributed by atoms with van der Waals surface area (Å²) in [6.07, 6.45) is -0.153. The smallest absolute Gasteiger partial charge is 0.307 e. The minimum Gasteiger partial charge on any atom is -0.456 e. The fourth-order valence-electron chi connectivity index (χ4n) is 2.86. The predicted molar refractivity (Wildman–Crippen MR) is 108 cm³/mol. The Morgan fingerprint density at radius 3 is 2.00 bits per heavy atom. The highest BCUT2D eigenvalue weighted by Crippen LogP contribution is 2.17. The van der Waals surface area contributed by atoms with Crippen molar-refractivity contribution in [2.45, 2.75) is 70.9 Å². The zero-order valence-corrected chi connectivity index (χ0v) is 18.4. The van der Waals surface area contributed by atoms with Gasteiger partial charge in [0.1, 0.15) is 0 Å². The average molecular weight is 413 g/mol. The van der Waals surface area contributed by atoms with Gasteiger partial charge in [-0.1, -0.05) is 26.0 Å². The number of hydrogen-bond donors (Lipinski definition) is 1. The van der Waals surface area contributed by atoms with Gasteiger partial charge in [-0.25, -0.2) is 13.1 Å². The number of ether oxygens (including phenoxy) is 1. The van der Waals surface area contributed by atoms with Gasteiger partial charge in [0, 0.05) is 18.6 Å². The van der Waals surface area contributed by atoms with Crippen LogP contribution in [0, 0.1) is 0 Å². The summed E-state index contributed by atoms with van der Waals surface area (Å²) in [6.45, 7) is 11.2. The first-order valence-corrected chi connectivity index (χ1v) is 11.0. The van der Waals surface area contributed by atoms with Gasteiger partial charge in [0.25, 0.3) is 5.91 Å². The van der Waals surface area contributed by atoms with Crippen molar-refractivity contribution < 1.29 is 22.7 Å². The summed E-state index contributed by atoms with van der Waals surface area (Å²) in [5.74, 6) is -0.590. The Labute approximate surface area is 168 Å². The molecule has 1 aromatic rings. The number of sulfonamides is 1. The number of rotatable bonds is 10. The second-order valence-corrected chi connectivity index (χ2v) is 9.29. The molecule has 0 spiro atoms. The van der Waals surface area contributed by atoms with Crippen LogP contribution in [0.3, 0.4) is 0 Å². The lowest BCUT2D eigenvalue weighted by Gasteiger charge is -2.30. The Morgan fingerprint density at radius 1 is 1.00 bits per heavy atom. The Kier molecular flexibility index (Phi) is 9.10. The molecule has 0 aliphatic heterocycles. The van der Waals surface area contributed by atoms with Crippen LogP contribution in [0.1, 0.15) is 59.4 Å². The highest BCUT2D eigenvalue weighted by atomic mass is 32.2. The fourth-order valence-corrected chi connectivity index (χ4v) is 3.90. The molecule has 0 heterocycles. The molecule has 0 aliphatic rings. The molecular weight excluding hydrogens is 380 g/mol. The van der Waals surface area contributed by atoms with Crippen LogP contribution < -0.4 is 4.72 Å². The Hall–Kier alpha value is -1.93. The maximum atomic E-state index is 12.3. The van der Waals surface area contributed by atoms with Crippen molar-refractivity contribution >= 4 is 21.9 Å². The molecule has 0 bridgehead atoms. The first-order chi connectivity index (χ1) is 13.0. The van der Waals surface area contributed by atoms with E-state index in [2.05, 4.69) is 4.72 Å². The van der Waals surface area contributed by atoms with Crippen LogP contribution in [0.4, 0.5) is 0 Å². The number of esters is 1. The van der Waals surface area contributed by atoms with Crippen LogP contribution in [0.15, 0.2) is 29.2 Å². The minimum absolute atomic E-state index is 0.0000887. The van der Waals surface area contributed by atoms with Crippen LogP contribution in [-0.4, -0.2) is 50.4 Å². The number of carbonyl (C=O) groups excluding carboxylic acids is 2. The molecule has 28 heavy (non-hydrogen) atoms. The summed E-state index contributed by atoms with van der Waals surface area (Å²) < 4.78 is 31.9. The van der Waals surface area contributed by atoms with Crippen molar-refractivity contribution in [3.05, 3.63) is 29.8 Å². The summed E-state index contributed by atoms with van der Waals surface area (Å²) >= 11 is 0. The molecule has 0 unspecified atom stereocenters. The second-order valence-electron chi connectivity index (χ2n) is 7.52. The van der Waals surface area contributed by atoms with Crippen LogP contribution >= 0.6 is 0 Å². The summed E-state index contributed by atoms with van der Waals surface area (Å²) in [5, 5.41) is 0. The monoisotopic (exact) mass is 412 g/mol. The maximum Gasteiger partial charge on any atom is 0.307 e. The van der Waals surface area contributed by atoms with Gasteiger partial charge in [-0.3, -0.25) is 9.59 Å². The Bertz CT molecular complexity index is 747. The van der Waals surface area contributed by atoms with E-state index in [0.717, 1.165) is 5.56 Å². The lowest BCUT2D eigenvalue weighted by Crippen LogP contribution is -2.44. The van der Waals surface area contributed by atoms with Crippen molar-refractivity contribution in [2.75, 3.05) is 13.2 Å². The fraction of sp³-hybridized carbons (Fsp3) is 0.600. The van der Waals surface area contributed by atoms with Crippen LogP contribution in [0.2, 0.25) is 0 Å². The first kappa shape index (κ1) is 24.1. The maximum absolute atomic E-state index is 12.3. The van der Waals surface area contributed by atoms with E-state index < -0.39 is 16.0 Å². The number of nitrogens with zero attached hydrogens (tertiary/aromatic N) is 1. The van der Waals surface area contributed by atoms with Crippen molar-refractivity contribution in [1.82, 2.24) is 9.62 Å². The molecule has 7 nitrogen and oxygen atoms in total. The summed E-state index contributed by atoms with van der Waals surface area (Å²) in [4.78, 5) is 25.8. The van der Waals surface area contributed by atoms with Gasteiger partial charge in [-0.2, -0.15) is 0 Å². The highest BCUT2D eigenvalue weighted by molar-refractivity contribution is 7.89. The molecule has 0 radical (unpaired) electrons. The van der Waals surface area contributed by atoms with Gasteiger partial charge in [0.15, 0.2) is 6.61 Å². The van der Waals surface area contributed by atoms with Gasteiger partial charge in [-0.05, 0) is 51.3 Å². The zero-order chi connectivity index (χ0) is 21.5. The molecule has 1 amide bonds. The normalized spacial score (nSPS) is 11.9. The lowest BCUT2D eigenvalue weighted by molar-refractivity contribution is -0.153. The number of amides is 1. The topological polar surface area (TPSA) is 92.8 Å². The Morgan fingerprint density at radius 2 is 1.54 bits per heavy atom. The van der Waals surface area contributed by atoms with E-state index in [1.165, 1.54) is 0 Å². The van der Waals surface area contributed by atoms with Crippen molar-refractivity contribution in [3.63, 3.8) is 0 Å². The quantitative estimate of drug-likeness (QED) is 0.597. The van der Waals surface area contributed by atoms with E-state index >= 15 is 0 Å². The second kappa shape index (κ2) is 10.6. The van der Waals surface area contributed by atoms with Crippen molar-refractivity contribution in [1.29, 1.82) is 0 Å². The van der Waals surface area contributed by atoms with Crippen molar-refractivity contribution in [2.24, 2.45) is 0 Å². The molecule has 0 aromatic heterocycles. The van der Waals surface area contributed by atoms with Crippen LogP contribution in [0.5, 0.6) is 0 Å². The Balaban J connectivity index is 2.49. The number of hydrogen-bond acceptors (Lipinski definition) is 5. The molecule has 1 rings (SSSR count). The van der Waals surface area contributed by atoms with E-state index in [1.807, 2.05) is 41.5 Å². The van der Waals surface area contributed by atoms with E-state index in [4.69, 9.17) is 4.74 Å². The van der Waals surface area contributed by atoms with Crippen molar-refractivity contribution in [3.8, 4) is 0 Å². The van der Waals surface area contributed by atoms with Gasteiger partial charge in [0.2, 0.25) is 10.0 Å². The molecule has 0 atom stereocenters. The molecule has 0 saturated heterocycles. The number of benzene rings is 1. The minimum atomic E-state index is -3.70.